The molecular formula is C15H30O4. The molecule has 114 valence electrons. The van der Waals surface area contributed by atoms with Crippen molar-refractivity contribution in [3.05, 3.63) is 0 Å². The topological polar surface area (TPSA) is 52.6 Å². The Morgan fingerprint density at radius 2 is 1.95 bits per heavy atom. The van der Waals surface area contributed by atoms with Gasteiger partial charge in [0.1, 0.15) is 5.78 Å². The number of esters is 1. The molecule has 1 saturated heterocycles. The molecule has 1 aliphatic rings. The fourth-order valence-electron chi connectivity index (χ4n) is 1.60. The zero-order valence-electron chi connectivity index (χ0n) is 11.7. The van der Waals surface area contributed by atoms with Gasteiger partial charge in [-0.1, -0.05) is 13.8 Å². The zero-order chi connectivity index (χ0) is 13.6. The number of Topliss-reactive ketones (excluding diaryl/α,β-unsaturated/α-hetero) is 1. The molecule has 0 N–H and O–H groups in total. The highest BCUT2D eigenvalue weighted by atomic mass is 16.5. The van der Waals surface area contributed by atoms with Crippen LogP contribution in [-0.4, -0.2) is 32.1 Å². The van der Waals surface area contributed by atoms with Gasteiger partial charge in [-0.3, -0.25) is 4.79 Å². The molecule has 1 aliphatic heterocycles. The van der Waals surface area contributed by atoms with E-state index in [9.17, 15) is 9.59 Å². The Labute approximate surface area is 117 Å². The monoisotopic (exact) mass is 274 g/mol. The van der Waals surface area contributed by atoms with Gasteiger partial charge in [0.25, 0.3) is 0 Å². The van der Waals surface area contributed by atoms with Crippen LogP contribution in [0.4, 0.5) is 0 Å². The molecule has 0 unspecified atom stereocenters. The molecule has 1 rings (SSSR count). The van der Waals surface area contributed by atoms with Crippen molar-refractivity contribution in [3.8, 4) is 0 Å². The number of cyclic esters (lactones) is 1. The summed E-state index contributed by atoms with van der Waals surface area (Å²) in [5.74, 6) is 0.264. The molecule has 4 nitrogen and oxygen atoms in total. The minimum Gasteiger partial charge on any atom is -0.466 e. The highest BCUT2D eigenvalue weighted by Crippen LogP contribution is 2.06. The number of ether oxygens (including phenoxy) is 2. The zero-order valence-corrected chi connectivity index (χ0v) is 11.7. The van der Waals surface area contributed by atoms with Crippen LogP contribution in [0.3, 0.4) is 0 Å². The van der Waals surface area contributed by atoms with Crippen molar-refractivity contribution in [2.24, 2.45) is 0 Å². The Balaban J connectivity index is 0. The Morgan fingerprint density at radius 1 is 1.21 bits per heavy atom. The van der Waals surface area contributed by atoms with Gasteiger partial charge in [-0.25, -0.2) is 0 Å². The van der Waals surface area contributed by atoms with Crippen molar-refractivity contribution < 1.29 is 19.1 Å². The van der Waals surface area contributed by atoms with Crippen molar-refractivity contribution in [3.63, 3.8) is 0 Å². The second-order valence-electron chi connectivity index (χ2n) is 4.54. The maximum atomic E-state index is 10.5. The van der Waals surface area contributed by atoms with Crippen LogP contribution in [0.5, 0.6) is 0 Å². The molecule has 1 fully saturated rings. The summed E-state index contributed by atoms with van der Waals surface area (Å²) in [5.41, 5.74) is 0. The molecule has 0 aromatic heterocycles. The first-order valence-electron chi connectivity index (χ1n) is 6.81. The maximum absolute atomic E-state index is 10.5. The molecule has 0 amide bonds. The first-order valence-corrected chi connectivity index (χ1v) is 6.81. The van der Waals surface area contributed by atoms with Gasteiger partial charge < -0.3 is 14.3 Å². The van der Waals surface area contributed by atoms with Crippen LogP contribution in [0.25, 0.3) is 0 Å². The lowest BCUT2D eigenvalue weighted by atomic mass is 10.1. The molecule has 1 heterocycles. The maximum Gasteiger partial charge on any atom is 0.305 e. The van der Waals surface area contributed by atoms with E-state index in [1.807, 2.05) is 0 Å². The van der Waals surface area contributed by atoms with Crippen LogP contribution >= 0.6 is 0 Å². The van der Waals surface area contributed by atoms with Crippen LogP contribution in [0.15, 0.2) is 0 Å². The van der Waals surface area contributed by atoms with Crippen LogP contribution in [0.1, 0.15) is 65.7 Å². The Hall–Kier alpha value is -0.900. The molecule has 0 aliphatic carbocycles. The summed E-state index contributed by atoms with van der Waals surface area (Å²) in [6.07, 6.45) is 7.75. The highest BCUT2D eigenvalue weighted by molar-refractivity contribution is 5.75. The summed E-state index contributed by atoms with van der Waals surface area (Å²) >= 11 is 0. The van der Waals surface area contributed by atoms with Crippen molar-refractivity contribution in [2.45, 2.75) is 65.7 Å². The molecule has 19 heavy (non-hydrogen) atoms. The highest BCUT2D eigenvalue weighted by Gasteiger charge is 2.05. The summed E-state index contributed by atoms with van der Waals surface area (Å²) < 4.78 is 9.63. The standard InChI is InChI=1S/C8H16O2.C6H10O2.CH4/c1-8(9)6-4-3-5-7-10-2;7-6-4-2-1-3-5-8-6;/h3-7H2,1-2H3;1-5H2;1H4. The molecule has 4 heteroatoms. The van der Waals surface area contributed by atoms with Crippen LogP contribution in [0.2, 0.25) is 0 Å². The first kappa shape index (κ1) is 20.4. The molecule has 0 radical (unpaired) electrons. The minimum atomic E-state index is -0.0255. The molecule has 0 aromatic rings. The van der Waals surface area contributed by atoms with Crippen LogP contribution < -0.4 is 0 Å². The molecular weight excluding hydrogens is 244 g/mol. The minimum absolute atomic E-state index is 0. The van der Waals surface area contributed by atoms with Crippen LogP contribution in [-0.2, 0) is 19.1 Å². The average molecular weight is 274 g/mol. The number of carbonyl (C=O) groups is 2. The third-order valence-corrected chi connectivity index (χ3v) is 2.67. The number of hydrogen-bond donors (Lipinski definition) is 0. The quantitative estimate of drug-likeness (QED) is 0.549. The summed E-state index contributed by atoms with van der Waals surface area (Å²) in [6, 6.07) is 0. The molecule has 0 spiro atoms. The number of ketones is 1. The summed E-state index contributed by atoms with van der Waals surface area (Å²) in [6.45, 7) is 3.09. The van der Waals surface area contributed by atoms with Gasteiger partial charge in [-0.15, -0.1) is 0 Å². The van der Waals surface area contributed by atoms with E-state index < -0.39 is 0 Å². The van der Waals surface area contributed by atoms with Crippen molar-refractivity contribution >= 4 is 11.8 Å². The lowest BCUT2D eigenvalue weighted by Gasteiger charge is -1.96. The fourth-order valence-corrected chi connectivity index (χ4v) is 1.60. The first-order chi connectivity index (χ1) is 8.66. The summed E-state index contributed by atoms with van der Waals surface area (Å²) in [4.78, 5) is 20.9. The lowest BCUT2D eigenvalue weighted by Crippen LogP contribution is -2.00. The van der Waals surface area contributed by atoms with Gasteiger partial charge in [-0.05, 0) is 39.0 Å². The van der Waals surface area contributed by atoms with Gasteiger partial charge in [0.2, 0.25) is 0 Å². The van der Waals surface area contributed by atoms with Crippen molar-refractivity contribution in [2.75, 3.05) is 20.3 Å². The van der Waals surface area contributed by atoms with Gasteiger partial charge in [0.15, 0.2) is 0 Å². The number of rotatable bonds is 6. The van der Waals surface area contributed by atoms with Crippen molar-refractivity contribution in [1.82, 2.24) is 0 Å². The second-order valence-corrected chi connectivity index (χ2v) is 4.54. The van der Waals surface area contributed by atoms with E-state index in [4.69, 9.17) is 9.47 Å². The third-order valence-electron chi connectivity index (χ3n) is 2.67. The van der Waals surface area contributed by atoms with Gasteiger partial charge >= 0.3 is 5.97 Å². The lowest BCUT2D eigenvalue weighted by molar-refractivity contribution is -0.142. The Morgan fingerprint density at radius 3 is 2.58 bits per heavy atom. The van der Waals surface area contributed by atoms with E-state index in [1.54, 1.807) is 14.0 Å². The van der Waals surface area contributed by atoms with E-state index in [0.29, 0.717) is 13.0 Å². The van der Waals surface area contributed by atoms with Gasteiger partial charge in [-0.2, -0.15) is 0 Å². The Kier molecular flexibility index (Phi) is 16.3. The normalized spacial score (nSPS) is 14.3. The fraction of sp³-hybridized carbons (Fsp3) is 0.867. The van der Waals surface area contributed by atoms with E-state index in [-0.39, 0.29) is 19.2 Å². The van der Waals surface area contributed by atoms with E-state index >= 15 is 0 Å². The predicted octanol–water partition coefficient (Wildman–Crippen LogP) is 3.52. The van der Waals surface area contributed by atoms with Crippen LogP contribution in [0, 0.1) is 0 Å². The van der Waals surface area contributed by atoms with Gasteiger partial charge in [0, 0.05) is 26.6 Å². The Bertz CT molecular complexity index is 216. The largest absolute Gasteiger partial charge is 0.466 e. The molecule has 0 saturated carbocycles. The molecule has 0 aromatic carbocycles. The van der Waals surface area contributed by atoms with E-state index in [0.717, 1.165) is 51.6 Å². The molecule has 0 atom stereocenters. The average Bonchev–Trinajstić information content (AvgIpc) is 2.57. The van der Waals surface area contributed by atoms with E-state index in [1.165, 1.54) is 0 Å². The number of hydrogen-bond acceptors (Lipinski definition) is 4. The summed E-state index contributed by atoms with van der Waals surface area (Å²) in [7, 11) is 1.70. The second kappa shape index (κ2) is 15.2. The summed E-state index contributed by atoms with van der Waals surface area (Å²) in [5, 5.41) is 0. The van der Waals surface area contributed by atoms with E-state index in [2.05, 4.69) is 0 Å². The SMILES string of the molecule is C.COCCCCCC(C)=O.O=C1CCCCCO1. The number of unbranched alkanes of at least 4 members (excludes halogenated alkanes) is 2. The molecule has 0 bridgehead atoms. The van der Waals surface area contributed by atoms with Crippen molar-refractivity contribution in [1.29, 1.82) is 0 Å². The predicted molar refractivity (Wildman–Crippen MR) is 77.2 cm³/mol. The third kappa shape index (κ3) is 17.1. The van der Waals surface area contributed by atoms with Gasteiger partial charge in [0.05, 0.1) is 6.61 Å². The smallest absolute Gasteiger partial charge is 0.305 e. The number of carbonyl (C=O) groups excluding carboxylic acids is 2. The number of methoxy groups -OCH3 is 1.